The number of allylic oxidation sites excluding steroid dienone is 1. The van der Waals surface area contributed by atoms with Crippen molar-refractivity contribution in [2.45, 2.75) is 0 Å². The first-order chi connectivity index (χ1) is 9.20. The Hall–Kier alpha value is -2.93. The Morgan fingerprint density at radius 2 is 1.74 bits per heavy atom. The number of nitriles is 1. The third kappa shape index (κ3) is 3.05. The van der Waals surface area contributed by atoms with Crippen molar-refractivity contribution in [3.05, 3.63) is 75.8 Å². The molecule has 0 amide bonds. The quantitative estimate of drug-likeness (QED) is 0.361. The maximum absolute atomic E-state index is 10.5. The molecule has 2 aromatic carbocycles. The van der Waals surface area contributed by atoms with Gasteiger partial charge in [0, 0.05) is 12.1 Å². The number of non-ortho nitro benzene ring substituents is 1. The Morgan fingerprint density at radius 3 is 2.26 bits per heavy atom. The van der Waals surface area contributed by atoms with Gasteiger partial charge in [0.1, 0.15) is 0 Å². The van der Waals surface area contributed by atoms with Crippen molar-refractivity contribution in [2.24, 2.45) is 0 Å². The van der Waals surface area contributed by atoms with Gasteiger partial charge in [0.2, 0.25) is 0 Å². The topological polar surface area (TPSA) is 66.9 Å². The summed E-state index contributed by atoms with van der Waals surface area (Å²) in [4.78, 5) is 10.1. The average Bonchev–Trinajstić information content (AvgIpc) is 2.46. The number of nitro groups is 1. The zero-order valence-electron chi connectivity index (χ0n) is 9.98. The predicted molar refractivity (Wildman–Crippen MR) is 73.0 cm³/mol. The van der Waals surface area contributed by atoms with E-state index in [0.717, 1.165) is 11.1 Å². The molecule has 2 rings (SSSR count). The van der Waals surface area contributed by atoms with Gasteiger partial charge in [-0.1, -0.05) is 30.3 Å². The Kier molecular flexibility index (Phi) is 3.70. The number of hydrogen-bond acceptors (Lipinski definition) is 3. The van der Waals surface area contributed by atoms with Crippen LogP contribution in [0.25, 0.3) is 11.6 Å². The Labute approximate surface area is 110 Å². The summed E-state index contributed by atoms with van der Waals surface area (Å²) >= 11 is 0. The SMILES string of the molecule is N#CC(=Cc1ccc([N+](=O)[O-])cc1)c1ccccc1. The van der Waals surface area contributed by atoms with Crippen molar-refractivity contribution in [2.75, 3.05) is 0 Å². The van der Waals surface area contributed by atoms with Crippen LogP contribution in [-0.2, 0) is 0 Å². The van der Waals surface area contributed by atoms with E-state index in [2.05, 4.69) is 6.07 Å². The van der Waals surface area contributed by atoms with Crippen molar-refractivity contribution in [3.63, 3.8) is 0 Å². The van der Waals surface area contributed by atoms with Crippen molar-refractivity contribution in [1.82, 2.24) is 0 Å². The first kappa shape index (κ1) is 12.5. The van der Waals surface area contributed by atoms with Crippen LogP contribution in [0.5, 0.6) is 0 Å². The molecule has 0 unspecified atom stereocenters. The van der Waals surface area contributed by atoms with Crippen molar-refractivity contribution >= 4 is 17.3 Å². The molecule has 0 atom stereocenters. The fraction of sp³-hybridized carbons (Fsp3) is 0. The van der Waals surface area contributed by atoms with Gasteiger partial charge in [-0.2, -0.15) is 5.26 Å². The maximum atomic E-state index is 10.5. The van der Waals surface area contributed by atoms with Crippen LogP contribution in [0.3, 0.4) is 0 Å². The lowest BCUT2D eigenvalue weighted by atomic mass is 10.0. The third-order valence-electron chi connectivity index (χ3n) is 2.62. The average molecular weight is 250 g/mol. The molecule has 4 heteroatoms. The van der Waals surface area contributed by atoms with Crippen LogP contribution in [0.2, 0.25) is 0 Å². The van der Waals surface area contributed by atoms with Gasteiger partial charge in [0.15, 0.2) is 0 Å². The fourth-order valence-electron chi connectivity index (χ4n) is 1.66. The summed E-state index contributed by atoms with van der Waals surface area (Å²) < 4.78 is 0. The van der Waals surface area contributed by atoms with E-state index in [4.69, 9.17) is 5.26 Å². The lowest BCUT2D eigenvalue weighted by Crippen LogP contribution is -1.87. The Balaban J connectivity index is 2.34. The van der Waals surface area contributed by atoms with Crippen LogP contribution in [0.15, 0.2) is 54.6 Å². The van der Waals surface area contributed by atoms with Crippen LogP contribution in [-0.4, -0.2) is 4.92 Å². The molecule has 0 radical (unpaired) electrons. The van der Waals surface area contributed by atoms with E-state index in [1.807, 2.05) is 30.3 Å². The second-order valence-electron chi connectivity index (χ2n) is 3.88. The van der Waals surface area contributed by atoms with Crippen LogP contribution >= 0.6 is 0 Å². The Bertz CT molecular complexity index is 653. The molecule has 0 spiro atoms. The number of nitro benzene ring substituents is 1. The minimum Gasteiger partial charge on any atom is -0.258 e. The van der Waals surface area contributed by atoms with E-state index in [0.29, 0.717) is 5.57 Å². The molecule has 92 valence electrons. The summed E-state index contributed by atoms with van der Waals surface area (Å²) in [5.41, 5.74) is 2.14. The number of hydrogen-bond donors (Lipinski definition) is 0. The van der Waals surface area contributed by atoms with E-state index in [1.54, 1.807) is 18.2 Å². The molecule has 4 nitrogen and oxygen atoms in total. The normalized spacial score (nSPS) is 10.8. The smallest absolute Gasteiger partial charge is 0.258 e. The van der Waals surface area contributed by atoms with Crippen molar-refractivity contribution in [1.29, 1.82) is 5.26 Å². The lowest BCUT2D eigenvalue weighted by Gasteiger charge is -1.99. The summed E-state index contributed by atoms with van der Waals surface area (Å²) in [6.45, 7) is 0. The largest absolute Gasteiger partial charge is 0.269 e. The molecular weight excluding hydrogens is 240 g/mol. The van der Waals surface area contributed by atoms with Crippen LogP contribution in [0.4, 0.5) is 5.69 Å². The van der Waals surface area contributed by atoms with E-state index in [9.17, 15) is 10.1 Å². The zero-order valence-corrected chi connectivity index (χ0v) is 9.98. The standard InChI is InChI=1S/C15H10N2O2/c16-11-14(13-4-2-1-3-5-13)10-12-6-8-15(9-7-12)17(18)19/h1-10H. The van der Waals surface area contributed by atoms with Crippen LogP contribution in [0, 0.1) is 21.4 Å². The molecule has 0 aliphatic heterocycles. The molecule has 0 bridgehead atoms. The first-order valence-electron chi connectivity index (χ1n) is 5.62. The second kappa shape index (κ2) is 5.61. The van der Waals surface area contributed by atoms with E-state index in [1.165, 1.54) is 12.1 Å². The summed E-state index contributed by atoms with van der Waals surface area (Å²) in [6.07, 6.45) is 1.71. The molecule has 0 N–H and O–H groups in total. The van der Waals surface area contributed by atoms with Gasteiger partial charge in [-0.3, -0.25) is 10.1 Å². The molecule has 0 aliphatic rings. The monoisotopic (exact) mass is 250 g/mol. The molecule has 0 fully saturated rings. The zero-order chi connectivity index (χ0) is 13.7. The highest BCUT2D eigenvalue weighted by molar-refractivity contribution is 5.89. The molecule has 2 aromatic rings. The predicted octanol–water partition coefficient (Wildman–Crippen LogP) is 3.66. The van der Waals surface area contributed by atoms with Crippen LogP contribution < -0.4 is 0 Å². The molecule has 0 aliphatic carbocycles. The third-order valence-corrected chi connectivity index (χ3v) is 2.62. The minimum atomic E-state index is -0.449. The lowest BCUT2D eigenvalue weighted by molar-refractivity contribution is -0.384. The van der Waals surface area contributed by atoms with Gasteiger partial charge >= 0.3 is 0 Å². The highest BCUT2D eigenvalue weighted by Gasteiger charge is 2.04. The molecular formula is C15H10N2O2. The van der Waals surface area contributed by atoms with Gasteiger partial charge in [-0.25, -0.2) is 0 Å². The number of rotatable bonds is 3. The van der Waals surface area contributed by atoms with Gasteiger partial charge in [-0.05, 0) is 29.3 Å². The minimum absolute atomic E-state index is 0.0374. The summed E-state index contributed by atoms with van der Waals surface area (Å²) in [5, 5.41) is 19.7. The summed E-state index contributed by atoms with van der Waals surface area (Å²) in [6, 6.07) is 17.5. The maximum Gasteiger partial charge on any atom is 0.269 e. The van der Waals surface area contributed by atoms with Crippen molar-refractivity contribution in [3.8, 4) is 6.07 Å². The molecule has 0 saturated heterocycles. The van der Waals surface area contributed by atoms with Gasteiger partial charge in [0.25, 0.3) is 5.69 Å². The molecule has 0 saturated carbocycles. The van der Waals surface area contributed by atoms with Gasteiger partial charge in [-0.15, -0.1) is 0 Å². The number of benzene rings is 2. The van der Waals surface area contributed by atoms with Gasteiger partial charge < -0.3 is 0 Å². The molecule has 0 aromatic heterocycles. The summed E-state index contributed by atoms with van der Waals surface area (Å²) in [5.74, 6) is 0. The van der Waals surface area contributed by atoms with E-state index < -0.39 is 4.92 Å². The number of nitrogens with zero attached hydrogens (tertiary/aromatic N) is 2. The summed E-state index contributed by atoms with van der Waals surface area (Å²) in [7, 11) is 0. The van der Waals surface area contributed by atoms with Gasteiger partial charge in [0.05, 0.1) is 16.6 Å². The Morgan fingerprint density at radius 1 is 1.11 bits per heavy atom. The highest BCUT2D eigenvalue weighted by atomic mass is 16.6. The first-order valence-corrected chi connectivity index (χ1v) is 5.62. The second-order valence-corrected chi connectivity index (χ2v) is 3.88. The van der Waals surface area contributed by atoms with Crippen molar-refractivity contribution < 1.29 is 4.92 Å². The molecule has 19 heavy (non-hydrogen) atoms. The van der Waals surface area contributed by atoms with Crippen LogP contribution in [0.1, 0.15) is 11.1 Å². The fourth-order valence-corrected chi connectivity index (χ4v) is 1.66. The molecule has 0 heterocycles. The van der Waals surface area contributed by atoms with E-state index >= 15 is 0 Å². The van der Waals surface area contributed by atoms with E-state index in [-0.39, 0.29) is 5.69 Å². The highest BCUT2D eigenvalue weighted by Crippen LogP contribution is 2.19.